The third-order valence-corrected chi connectivity index (χ3v) is 3.51. The van der Waals surface area contributed by atoms with Crippen LogP contribution in [0, 0.1) is 0 Å². The molecule has 1 aliphatic heterocycles. The Hall–Kier alpha value is -1.91. The Balaban J connectivity index is 1.82. The predicted octanol–water partition coefficient (Wildman–Crippen LogP) is 1.65. The first-order valence-electron chi connectivity index (χ1n) is 6.57. The lowest BCUT2D eigenvalue weighted by Crippen LogP contribution is -2.38. The maximum absolute atomic E-state index is 11.8. The van der Waals surface area contributed by atoms with Crippen LogP contribution in [0.5, 0.6) is 0 Å². The van der Waals surface area contributed by atoms with Gasteiger partial charge in [-0.25, -0.2) is 0 Å². The van der Waals surface area contributed by atoms with Crippen molar-refractivity contribution in [3.05, 3.63) is 30.1 Å². The average molecular weight is 262 g/mol. The van der Waals surface area contributed by atoms with Gasteiger partial charge in [0.2, 0.25) is 5.91 Å². The molecule has 0 aromatic carbocycles. The second-order valence-electron chi connectivity index (χ2n) is 4.80. The minimum Gasteiger partial charge on any atom is -0.481 e. The first kappa shape index (κ1) is 13.5. The van der Waals surface area contributed by atoms with Crippen molar-refractivity contribution in [1.82, 2.24) is 9.88 Å². The van der Waals surface area contributed by atoms with Crippen molar-refractivity contribution >= 4 is 11.9 Å². The minimum absolute atomic E-state index is 0.0538. The number of nitrogens with zero attached hydrogens (tertiary/aromatic N) is 2. The molecule has 19 heavy (non-hydrogen) atoms. The molecule has 1 aromatic heterocycles. The number of aromatic nitrogens is 1. The van der Waals surface area contributed by atoms with E-state index in [1.54, 1.807) is 11.1 Å². The highest BCUT2D eigenvalue weighted by Crippen LogP contribution is 2.26. The molecule has 1 saturated heterocycles. The van der Waals surface area contributed by atoms with E-state index in [0.29, 0.717) is 19.0 Å². The summed E-state index contributed by atoms with van der Waals surface area (Å²) in [6.45, 7) is 1.39. The van der Waals surface area contributed by atoms with Crippen molar-refractivity contribution in [3.63, 3.8) is 0 Å². The molecule has 1 amide bonds. The number of hydrogen-bond acceptors (Lipinski definition) is 3. The molecule has 0 aliphatic carbocycles. The number of carboxylic acid groups (broad SMARTS) is 1. The molecule has 0 atom stereocenters. The van der Waals surface area contributed by atoms with Gasteiger partial charge in [-0.3, -0.25) is 14.6 Å². The zero-order valence-corrected chi connectivity index (χ0v) is 10.8. The largest absolute Gasteiger partial charge is 0.481 e. The summed E-state index contributed by atoms with van der Waals surface area (Å²) in [5, 5.41) is 8.57. The van der Waals surface area contributed by atoms with Crippen molar-refractivity contribution < 1.29 is 14.7 Å². The molecule has 5 heteroatoms. The number of carbonyl (C=O) groups excluding carboxylic acids is 1. The van der Waals surface area contributed by atoms with Gasteiger partial charge in [0.1, 0.15) is 0 Å². The fraction of sp³-hybridized carbons (Fsp3) is 0.500. The van der Waals surface area contributed by atoms with Gasteiger partial charge in [-0.05, 0) is 25.0 Å². The maximum Gasteiger partial charge on any atom is 0.303 e. The van der Waals surface area contributed by atoms with Crippen LogP contribution >= 0.6 is 0 Å². The van der Waals surface area contributed by atoms with Crippen molar-refractivity contribution in [2.75, 3.05) is 13.1 Å². The lowest BCUT2D eigenvalue weighted by Gasteiger charge is -2.31. The summed E-state index contributed by atoms with van der Waals surface area (Å²) in [4.78, 5) is 28.4. The second kappa shape index (κ2) is 6.31. The number of piperidine rings is 1. The number of aliphatic carboxylic acids is 1. The second-order valence-corrected chi connectivity index (χ2v) is 4.80. The molecule has 2 heterocycles. The quantitative estimate of drug-likeness (QED) is 0.895. The first-order chi connectivity index (χ1) is 9.16. The Morgan fingerprint density at radius 1 is 1.26 bits per heavy atom. The highest BCUT2D eigenvalue weighted by atomic mass is 16.4. The van der Waals surface area contributed by atoms with E-state index in [9.17, 15) is 9.59 Å². The molecule has 1 fully saturated rings. The van der Waals surface area contributed by atoms with Gasteiger partial charge in [-0.15, -0.1) is 0 Å². The van der Waals surface area contributed by atoms with Gasteiger partial charge in [-0.1, -0.05) is 6.07 Å². The number of pyridine rings is 1. The molecule has 1 N–H and O–H groups in total. The summed E-state index contributed by atoms with van der Waals surface area (Å²) in [6.07, 6.45) is 3.61. The SMILES string of the molecule is O=C(O)CCC(=O)N1CCC(c2ccccn2)CC1. The monoisotopic (exact) mass is 262 g/mol. The van der Waals surface area contributed by atoms with Crippen LogP contribution in [-0.4, -0.2) is 40.0 Å². The van der Waals surface area contributed by atoms with Crippen LogP contribution in [0.4, 0.5) is 0 Å². The fourth-order valence-electron chi connectivity index (χ4n) is 2.41. The van der Waals surface area contributed by atoms with Crippen molar-refractivity contribution in [2.24, 2.45) is 0 Å². The molecule has 102 valence electrons. The van der Waals surface area contributed by atoms with Gasteiger partial charge in [-0.2, -0.15) is 0 Å². The molecule has 0 unspecified atom stereocenters. The molecule has 0 saturated carbocycles. The topological polar surface area (TPSA) is 70.5 Å². The van der Waals surface area contributed by atoms with Crippen LogP contribution < -0.4 is 0 Å². The van der Waals surface area contributed by atoms with Crippen molar-refractivity contribution in [3.8, 4) is 0 Å². The Kier molecular flexibility index (Phi) is 4.49. The van der Waals surface area contributed by atoms with Crippen molar-refractivity contribution in [1.29, 1.82) is 0 Å². The predicted molar refractivity (Wildman–Crippen MR) is 69.7 cm³/mol. The van der Waals surface area contributed by atoms with Gasteiger partial charge in [0, 0.05) is 37.3 Å². The standard InChI is InChI=1S/C14H18N2O3/c17-13(4-5-14(18)19)16-9-6-11(7-10-16)12-3-1-2-8-15-12/h1-3,8,11H,4-7,9-10H2,(H,18,19). The van der Waals surface area contributed by atoms with E-state index in [0.717, 1.165) is 18.5 Å². The third-order valence-electron chi connectivity index (χ3n) is 3.51. The summed E-state index contributed by atoms with van der Waals surface area (Å²) in [6, 6.07) is 5.90. The van der Waals surface area contributed by atoms with Crippen LogP contribution in [0.2, 0.25) is 0 Å². The lowest BCUT2D eigenvalue weighted by molar-refractivity contribution is -0.141. The molecular formula is C14H18N2O3. The average Bonchev–Trinajstić information content (AvgIpc) is 2.46. The molecule has 1 aromatic rings. The highest BCUT2D eigenvalue weighted by Gasteiger charge is 2.24. The van der Waals surface area contributed by atoms with E-state index < -0.39 is 5.97 Å². The van der Waals surface area contributed by atoms with E-state index in [1.165, 1.54) is 0 Å². The smallest absolute Gasteiger partial charge is 0.303 e. The molecule has 0 spiro atoms. The molecule has 1 aliphatic rings. The number of amides is 1. The van der Waals surface area contributed by atoms with Gasteiger partial charge in [0.05, 0.1) is 6.42 Å². The van der Waals surface area contributed by atoms with E-state index in [2.05, 4.69) is 4.98 Å². The highest BCUT2D eigenvalue weighted by molar-refractivity contribution is 5.80. The van der Waals surface area contributed by atoms with Crippen LogP contribution in [0.3, 0.4) is 0 Å². The zero-order chi connectivity index (χ0) is 13.7. The minimum atomic E-state index is -0.920. The summed E-state index contributed by atoms with van der Waals surface area (Å²) in [5.41, 5.74) is 1.08. The van der Waals surface area contributed by atoms with E-state index in [4.69, 9.17) is 5.11 Å². The van der Waals surface area contributed by atoms with Crippen LogP contribution in [0.15, 0.2) is 24.4 Å². The summed E-state index contributed by atoms with van der Waals surface area (Å²) in [7, 11) is 0. The number of hydrogen-bond donors (Lipinski definition) is 1. The van der Waals surface area contributed by atoms with E-state index in [-0.39, 0.29) is 18.7 Å². The number of carboxylic acids is 1. The molecule has 0 radical (unpaired) electrons. The first-order valence-corrected chi connectivity index (χ1v) is 6.57. The van der Waals surface area contributed by atoms with Crippen LogP contribution in [0.1, 0.15) is 37.3 Å². The zero-order valence-electron chi connectivity index (χ0n) is 10.8. The fourth-order valence-corrected chi connectivity index (χ4v) is 2.41. The van der Waals surface area contributed by atoms with E-state index in [1.807, 2.05) is 18.2 Å². The normalized spacial score (nSPS) is 16.3. The van der Waals surface area contributed by atoms with Gasteiger partial charge in [0.25, 0.3) is 0 Å². The Morgan fingerprint density at radius 3 is 2.58 bits per heavy atom. The Morgan fingerprint density at radius 2 is 2.00 bits per heavy atom. The Labute approximate surface area is 112 Å². The van der Waals surface area contributed by atoms with Gasteiger partial charge in [0.15, 0.2) is 0 Å². The van der Waals surface area contributed by atoms with Crippen LogP contribution in [-0.2, 0) is 9.59 Å². The van der Waals surface area contributed by atoms with E-state index >= 15 is 0 Å². The van der Waals surface area contributed by atoms with Crippen molar-refractivity contribution in [2.45, 2.75) is 31.6 Å². The summed E-state index contributed by atoms with van der Waals surface area (Å²) < 4.78 is 0. The Bertz CT molecular complexity index is 439. The molecule has 5 nitrogen and oxygen atoms in total. The molecule has 2 rings (SSSR count). The summed E-state index contributed by atoms with van der Waals surface area (Å²) in [5.74, 6) is -0.566. The third kappa shape index (κ3) is 3.77. The van der Waals surface area contributed by atoms with Gasteiger partial charge < -0.3 is 10.0 Å². The summed E-state index contributed by atoms with van der Waals surface area (Å²) >= 11 is 0. The maximum atomic E-state index is 11.8. The number of carbonyl (C=O) groups is 2. The van der Waals surface area contributed by atoms with Crippen LogP contribution in [0.25, 0.3) is 0 Å². The number of likely N-dealkylation sites (tertiary alicyclic amines) is 1. The molecular weight excluding hydrogens is 244 g/mol. The lowest BCUT2D eigenvalue weighted by atomic mass is 9.93. The molecule has 0 bridgehead atoms. The number of rotatable bonds is 4. The van der Waals surface area contributed by atoms with Gasteiger partial charge >= 0.3 is 5.97 Å².